The van der Waals surface area contributed by atoms with Crippen molar-refractivity contribution < 1.29 is 5.11 Å². The minimum atomic E-state index is 0.0126. The van der Waals surface area contributed by atoms with Crippen molar-refractivity contribution in [3.8, 4) is 0 Å². The van der Waals surface area contributed by atoms with Crippen LogP contribution >= 0.6 is 0 Å². The molecule has 0 fully saturated rings. The summed E-state index contributed by atoms with van der Waals surface area (Å²) < 4.78 is 0. The molecule has 0 aromatic carbocycles. The van der Waals surface area contributed by atoms with Gasteiger partial charge in [-0.05, 0) is 50.8 Å². The van der Waals surface area contributed by atoms with Gasteiger partial charge in [-0.3, -0.25) is 0 Å². The van der Waals surface area contributed by atoms with Gasteiger partial charge in [0.15, 0.2) is 0 Å². The van der Waals surface area contributed by atoms with Crippen LogP contribution < -0.4 is 0 Å². The van der Waals surface area contributed by atoms with Crippen molar-refractivity contribution in [2.75, 3.05) is 0 Å². The van der Waals surface area contributed by atoms with Gasteiger partial charge in [0, 0.05) is 0 Å². The summed E-state index contributed by atoms with van der Waals surface area (Å²) in [4.78, 5) is 0. The van der Waals surface area contributed by atoms with E-state index in [0.29, 0.717) is 11.7 Å². The van der Waals surface area contributed by atoms with Gasteiger partial charge >= 0.3 is 0 Å². The number of hydrogen-bond acceptors (Lipinski definition) is 1. The van der Waals surface area contributed by atoms with Crippen molar-refractivity contribution >= 4 is 0 Å². The van der Waals surface area contributed by atoms with Crippen LogP contribution in [0.2, 0.25) is 0 Å². The number of aliphatic hydroxyl groups is 1. The Balaban J connectivity index is 2.48. The molecule has 2 unspecified atom stereocenters. The third-order valence-corrected chi connectivity index (χ3v) is 4.42. The first kappa shape index (κ1) is 12.9. The highest BCUT2D eigenvalue weighted by molar-refractivity contribution is 5.52. The van der Waals surface area contributed by atoms with Crippen molar-refractivity contribution in [2.45, 2.75) is 34.6 Å². The fraction of sp³-hybridized carbons (Fsp3) is 0.412. The van der Waals surface area contributed by atoms with Crippen LogP contribution in [-0.4, -0.2) is 5.11 Å². The molecular weight excluding hydrogens is 220 g/mol. The molecule has 0 spiro atoms. The lowest BCUT2D eigenvalue weighted by molar-refractivity contribution is 0.372. The third kappa shape index (κ3) is 1.98. The summed E-state index contributed by atoms with van der Waals surface area (Å²) in [6, 6.07) is 0. The summed E-state index contributed by atoms with van der Waals surface area (Å²) in [5, 5.41) is 10.2. The number of hydrogen-bond donors (Lipinski definition) is 1. The van der Waals surface area contributed by atoms with Crippen LogP contribution in [-0.2, 0) is 0 Å². The molecule has 0 bridgehead atoms. The summed E-state index contributed by atoms with van der Waals surface area (Å²) >= 11 is 0. The van der Waals surface area contributed by atoms with Gasteiger partial charge in [0.2, 0.25) is 0 Å². The lowest BCUT2D eigenvalue weighted by atomic mass is 9.89. The molecule has 0 radical (unpaired) electrons. The molecule has 1 heteroatoms. The first-order valence-corrected chi connectivity index (χ1v) is 6.57. The zero-order chi connectivity index (χ0) is 13.4. The molecule has 18 heavy (non-hydrogen) atoms. The van der Waals surface area contributed by atoms with Gasteiger partial charge in [-0.25, -0.2) is 0 Å². The lowest BCUT2D eigenvalue weighted by Crippen LogP contribution is -2.06. The molecule has 0 aromatic heterocycles. The van der Waals surface area contributed by atoms with Crippen molar-refractivity contribution in [3.05, 3.63) is 57.9 Å². The molecule has 2 aliphatic rings. The maximum Gasteiger partial charge on any atom is 0.103 e. The van der Waals surface area contributed by atoms with Crippen LogP contribution in [0.3, 0.4) is 0 Å². The molecule has 0 aliphatic heterocycles. The fourth-order valence-electron chi connectivity index (χ4n) is 2.84. The van der Waals surface area contributed by atoms with Gasteiger partial charge in [0.1, 0.15) is 5.76 Å². The lowest BCUT2D eigenvalue weighted by Gasteiger charge is -2.17. The Morgan fingerprint density at radius 1 is 1.00 bits per heavy atom. The second-order valence-electron chi connectivity index (χ2n) is 5.47. The molecule has 2 atom stereocenters. The average molecular weight is 242 g/mol. The van der Waals surface area contributed by atoms with E-state index in [0.717, 1.165) is 0 Å². The zero-order valence-corrected chi connectivity index (χ0v) is 11.9. The van der Waals surface area contributed by atoms with E-state index in [1.807, 2.05) is 12.2 Å². The Morgan fingerprint density at radius 2 is 1.67 bits per heavy atom. The van der Waals surface area contributed by atoms with Gasteiger partial charge in [0.05, 0.1) is 5.92 Å². The van der Waals surface area contributed by atoms with Crippen molar-refractivity contribution in [2.24, 2.45) is 11.8 Å². The van der Waals surface area contributed by atoms with E-state index in [9.17, 15) is 5.11 Å². The quantitative estimate of drug-likeness (QED) is 0.696. The molecule has 1 N–H and O–H groups in total. The van der Waals surface area contributed by atoms with E-state index in [2.05, 4.69) is 46.8 Å². The van der Waals surface area contributed by atoms with Gasteiger partial charge in [-0.15, -0.1) is 0 Å². The zero-order valence-electron chi connectivity index (χ0n) is 11.9. The predicted octanol–water partition coefficient (Wildman–Crippen LogP) is 4.86. The Morgan fingerprint density at radius 3 is 2.22 bits per heavy atom. The van der Waals surface area contributed by atoms with E-state index in [1.54, 1.807) is 0 Å². The van der Waals surface area contributed by atoms with Gasteiger partial charge in [0.25, 0.3) is 0 Å². The summed E-state index contributed by atoms with van der Waals surface area (Å²) in [7, 11) is 0. The highest BCUT2D eigenvalue weighted by atomic mass is 16.3. The second-order valence-corrected chi connectivity index (χ2v) is 5.47. The number of aliphatic hydroxyl groups excluding tert-OH is 1. The third-order valence-electron chi connectivity index (χ3n) is 4.42. The highest BCUT2D eigenvalue weighted by Crippen LogP contribution is 2.42. The van der Waals surface area contributed by atoms with Crippen LogP contribution in [0.1, 0.15) is 34.6 Å². The maximum atomic E-state index is 10.2. The number of allylic oxidation sites excluding steroid dienone is 8. The highest BCUT2D eigenvalue weighted by Gasteiger charge is 2.29. The standard InChI is InChI=1S/C17H22O/c1-10-6-8-15(16(18)9-7-10)17-13(4)11(2)12(3)14(17)5/h6-9,11,15,18H,1-5H3. The largest absolute Gasteiger partial charge is 0.511 e. The SMILES string of the molecule is CC1=CC=C(O)C(C2=C(C)C(C)C(C)=C2C)C=C1. The smallest absolute Gasteiger partial charge is 0.103 e. The molecule has 2 rings (SSSR count). The van der Waals surface area contributed by atoms with E-state index < -0.39 is 0 Å². The molecule has 0 saturated carbocycles. The summed E-state index contributed by atoms with van der Waals surface area (Å²) in [6.45, 7) is 10.8. The topological polar surface area (TPSA) is 20.2 Å². The summed E-state index contributed by atoms with van der Waals surface area (Å²) in [6.07, 6.45) is 7.99. The van der Waals surface area contributed by atoms with Crippen molar-refractivity contribution in [1.82, 2.24) is 0 Å². The summed E-state index contributed by atoms with van der Waals surface area (Å²) in [5.41, 5.74) is 6.63. The van der Waals surface area contributed by atoms with E-state index in [4.69, 9.17) is 0 Å². The van der Waals surface area contributed by atoms with Gasteiger partial charge in [-0.2, -0.15) is 0 Å². The van der Waals surface area contributed by atoms with E-state index in [1.165, 1.54) is 27.9 Å². The summed E-state index contributed by atoms with van der Waals surface area (Å²) in [5.74, 6) is 0.954. The minimum absolute atomic E-state index is 0.0126. The maximum absolute atomic E-state index is 10.2. The van der Waals surface area contributed by atoms with Crippen LogP contribution in [0.15, 0.2) is 57.9 Å². The first-order chi connectivity index (χ1) is 8.43. The van der Waals surface area contributed by atoms with Crippen LogP contribution in [0, 0.1) is 11.8 Å². The Bertz CT molecular complexity index is 524. The monoisotopic (exact) mass is 242 g/mol. The van der Waals surface area contributed by atoms with Crippen LogP contribution in [0.25, 0.3) is 0 Å². The van der Waals surface area contributed by atoms with Gasteiger partial charge < -0.3 is 5.11 Å². The predicted molar refractivity (Wildman–Crippen MR) is 77.3 cm³/mol. The minimum Gasteiger partial charge on any atom is -0.511 e. The first-order valence-electron chi connectivity index (χ1n) is 6.57. The molecule has 96 valence electrons. The molecule has 0 aromatic rings. The van der Waals surface area contributed by atoms with E-state index >= 15 is 0 Å². The van der Waals surface area contributed by atoms with Crippen molar-refractivity contribution in [3.63, 3.8) is 0 Å². The Labute approximate surface area is 110 Å². The fourth-order valence-corrected chi connectivity index (χ4v) is 2.84. The van der Waals surface area contributed by atoms with Crippen LogP contribution in [0.5, 0.6) is 0 Å². The average Bonchev–Trinajstić information content (AvgIpc) is 2.49. The molecule has 0 amide bonds. The van der Waals surface area contributed by atoms with Crippen LogP contribution in [0.4, 0.5) is 0 Å². The molecule has 1 nitrogen and oxygen atoms in total. The molecular formula is C17H22O. The van der Waals surface area contributed by atoms with Gasteiger partial charge in [-0.1, -0.05) is 41.9 Å². The second kappa shape index (κ2) is 4.64. The van der Waals surface area contributed by atoms with E-state index in [-0.39, 0.29) is 5.92 Å². The Hall–Kier alpha value is -1.50. The molecule has 0 saturated heterocycles. The Kier molecular flexibility index (Phi) is 3.34. The number of rotatable bonds is 1. The normalized spacial score (nSPS) is 28.5. The molecule has 0 heterocycles. The molecule has 2 aliphatic carbocycles. The van der Waals surface area contributed by atoms with Crippen molar-refractivity contribution in [1.29, 1.82) is 0 Å².